The van der Waals surface area contributed by atoms with E-state index in [0.29, 0.717) is 12.5 Å². The van der Waals surface area contributed by atoms with Gasteiger partial charge in [0.05, 0.1) is 0 Å². The standard InChI is InChI=1S/C17H18O2/c1-12(2)13-7-9-14(10-8-13)17-11-18-15-5-3-4-6-16(15)19-17/h3-10,12,17H,11H2,1-2H3. The van der Waals surface area contributed by atoms with Gasteiger partial charge in [0.25, 0.3) is 0 Å². The third-order valence-electron chi connectivity index (χ3n) is 3.48. The number of rotatable bonds is 2. The van der Waals surface area contributed by atoms with Gasteiger partial charge in [-0.25, -0.2) is 0 Å². The van der Waals surface area contributed by atoms with Crippen LogP contribution in [0.25, 0.3) is 0 Å². The van der Waals surface area contributed by atoms with Gasteiger partial charge in [-0.15, -0.1) is 0 Å². The van der Waals surface area contributed by atoms with Crippen LogP contribution in [0.5, 0.6) is 11.5 Å². The van der Waals surface area contributed by atoms with Gasteiger partial charge in [0.1, 0.15) is 6.61 Å². The number of hydrogen-bond acceptors (Lipinski definition) is 2. The summed E-state index contributed by atoms with van der Waals surface area (Å²) in [6.07, 6.45) is -0.0175. The van der Waals surface area contributed by atoms with Gasteiger partial charge < -0.3 is 9.47 Å². The van der Waals surface area contributed by atoms with E-state index in [0.717, 1.165) is 11.5 Å². The molecule has 1 atom stereocenters. The van der Waals surface area contributed by atoms with Crippen molar-refractivity contribution in [2.45, 2.75) is 25.9 Å². The van der Waals surface area contributed by atoms with Crippen molar-refractivity contribution in [2.24, 2.45) is 0 Å². The highest BCUT2D eigenvalue weighted by atomic mass is 16.6. The van der Waals surface area contributed by atoms with E-state index in [1.54, 1.807) is 0 Å². The zero-order chi connectivity index (χ0) is 13.2. The molecule has 2 heteroatoms. The third-order valence-corrected chi connectivity index (χ3v) is 3.48. The average molecular weight is 254 g/mol. The van der Waals surface area contributed by atoms with Gasteiger partial charge in [-0.2, -0.15) is 0 Å². The molecule has 1 unspecified atom stereocenters. The Balaban J connectivity index is 1.81. The first-order chi connectivity index (χ1) is 9.24. The number of ether oxygens (including phenoxy) is 2. The van der Waals surface area contributed by atoms with E-state index in [1.807, 2.05) is 24.3 Å². The van der Waals surface area contributed by atoms with Crippen molar-refractivity contribution in [1.82, 2.24) is 0 Å². The molecule has 0 N–H and O–H groups in total. The van der Waals surface area contributed by atoms with Gasteiger partial charge in [-0.3, -0.25) is 0 Å². The molecule has 2 aromatic rings. The molecule has 0 fully saturated rings. The first-order valence-electron chi connectivity index (χ1n) is 6.72. The monoisotopic (exact) mass is 254 g/mol. The Hall–Kier alpha value is -1.96. The summed E-state index contributed by atoms with van der Waals surface area (Å²) in [5, 5.41) is 0. The summed E-state index contributed by atoms with van der Waals surface area (Å²) in [7, 11) is 0. The molecule has 0 spiro atoms. The molecule has 0 saturated heterocycles. The van der Waals surface area contributed by atoms with Crippen molar-refractivity contribution >= 4 is 0 Å². The number of benzene rings is 2. The summed E-state index contributed by atoms with van der Waals surface area (Å²) in [5.41, 5.74) is 2.51. The summed E-state index contributed by atoms with van der Waals surface area (Å²) < 4.78 is 11.7. The van der Waals surface area contributed by atoms with Crippen molar-refractivity contribution in [3.63, 3.8) is 0 Å². The Morgan fingerprint density at radius 1 is 0.947 bits per heavy atom. The second-order valence-corrected chi connectivity index (χ2v) is 5.19. The zero-order valence-corrected chi connectivity index (χ0v) is 11.3. The fraction of sp³-hybridized carbons (Fsp3) is 0.294. The fourth-order valence-electron chi connectivity index (χ4n) is 2.28. The van der Waals surface area contributed by atoms with Crippen LogP contribution < -0.4 is 9.47 Å². The third kappa shape index (κ3) is 2.43. The molecule has 1 aliphatic heterocycles. The lowest BCUT2D eigenvalue weighted by molar-refractivity contribution is 0.0913. The second-order valence-electron chi connectivity index (χ2n) is 5.19. The topological polar surface area (TPSA) is 18.5 Å². The van der Waals surface area contributed by atoms with Gasteiger partial charge in [-0.05, 0) is 29.2 Å². The molecular formula is C17H18O2. The lowest BCUT2D eigenvalue weighted by Crippen LogP contribution is -2.21. The Bertz CT molecular complexity index is 558. The van der Waals surface area contributed by atoms with Crippen molar-refractivity contribution in [1.29, 1.82) is 0 Å². The SMILES string of the molecule is CC(C)c1ccc(C2COc3ccccc3O2)cc1. The maximum atomic E-state index is 5.99. The molecular weight excluding hydrogens is 236 g/mol. The molecule has 3 rings (SSSR count). The minimum atomic E-state index is -0.0175. The van der Waals surface area contributed by atoms with Crippen LogP contribution >= 0.6 is 0 Å². The highest BCUT2D eigenvalue weighted by Gasteiger charge is 2.22. The lowest BCUT2D eigenvalue weighted by Gasteiger charge is -2.26. The summed E-state index contributed by atoms with van der Waals surface area (Å²) in [5.74, 6) is 2.21. The molecule has 0 bridgehead atoms. The first kappa shape index (κ1) is 12.1. The lowest BCUT2D eigenvalue weighted by atomic mass is 10.00. The minimum Gasteiger partial charge on any atom is -0.485 e. The molecule has 2 aromatic carbocycles. The molecule has 0 aromatic heterocycles. The molecule has 0 amide bonds. The Kier molecular flexibility index (Phi) is 3.16. The van der Waals surface area contributed by atoms with E-state index < -0.39 is 0 Å². The summed E-state index contributed by atoms with van der Waals surface area (Å²) in [6, 6.07) is 16.4. The van der Waals surface area contributed by atoms with Crippen LogP contribution in [0.4, 0.5) is 0 Å². The molecule has 2 nitrogen and oxygen atoms in total. The molecule has 0 saturated carbocycles. The number of fused-ring (bicyclic) bond motifs is 1. The summed E-state index contributed by atoms with van der Waals surface area (Å²) in [4.78, 5) is 0. The Labute approximate surface area is 114 Å². The van der Waals surface area contributed by atoms with E-state index in [4.69, 9.17) is 9.47 Å². The van der Waals surface area contributed by atoms with E-state index in [9.17, 15) is 0 Å². The van der Waals surface area contributed by atoms with E-state index in [-0.39, 0.29) is 6.10 Å². The van der Waals surface area contributed by atoms with Crippen LogP contribution in [0.15, 0.2) is 48.5 Å². The summed E-state index contributed by atoms with van der Waals surface area (Å²) in [6.45, 7) is 4.97. The van der Waals surface area contributed by atoms with Crippen molar-refractivity contribution in [3.8, 4) is 11.5 Å². The van der Waals surface area contributed by atoms with Crippen LogP contribution in [0.3, 0.4) is 0 Å². The van der Waals surface area contributed by atoms with Crippen molar-refractivity contribution in [2.75, 3.05) is 6.61 Å². The van der Waals surface area contributed by atoms with Crippen LogP contribution in [0.1, 0.15) is 37.0 Å². The van der Waals surface area contributed by atoms with Gasteiger partial charge >= 0.3 is 0 Å². The highest BCUT2D eigenvalue weighted by molar-refractivity contribution is 5.41. The van der Waals surface area contributed by atoms with Crippen LogP contribution in [0.2, 0.25) is 0 Å². The predicted molar refractivity (Wildman–Crippen MR) is 75.8 cm³/mol. The zero-order valence-electron chi connectivity index (χ0n) is 11.3. The smallest absolute Gasteiger partial charge is 0.162 e. The first-order valence-corrected chi connectivity index (χ1v) is 6.72. The number of hydrogen-bond donors (Lipinski definition) is 0. The van der Waals surface area contributed by atoms with Crippen molar-refractivity contribution in [3.05, 3.63) is 59.7 Å². The largest absolute Gasteiger partial charge is 0.485 e. The normalized spacial score (nSPS) is 17.5. The van der Waals surface area contributed by atoms with E-state index >= 15 is 0 Å². The Morgan fingerprint density at radius 3 is 2.32 bits per heavy atom. The highest BCUT2D eigenvalue weighted by Crippen LogP contribution is 2.35. The maximum absolute atomic E-state index is 5.99. The quantitative estimate of drug-likeness (QED) is 0.794. The van der Waals surface area contributed by atoms with Crippen LogP contribution in [-0.4, -0.2) is 6.61 Å². The van der Waals surface area contributed by atoms with E-state index in [2.05, 4.69) is 38.1 Å². The summed E-state index contributed by atoms with van der Waals surface area (Å²) >= 11 is 0. The van der Waals surface area contributed by atoms with Gasteiger partial charge in [-0.1, -0.05) is 50.2 Å². The molecule has 98 valence electrons. The fourth-order valence-corrected chi connectivity index (χ4v) is 2.28. The van der Waals surface area contributed by atoms with Gasteiger partial charge in [0, 0.05) is 0 Å². The van der Waals surface area contributed by atoms with E-state index in [1.165, 1.54) is 11.1 Å². The predicted octanol–water partition coefficient (Wildman–Crippen LogP) is 4.32. The maximum Gasteiger partial charge on any atom is 0.162 e. The van der Waals surface area contributed by atoms with Crippen molar-refractivity contribution < 1.29 is 9.47 Å². The number of para-hydroxylation sites is 2. The molecule has 1 aliphatic rings. The van der Waals surface area contributed by atoms with Crippen LogP contribution in [0, 0.1) is 0 Å². The Morgan fingerprint density at radius 2 is 1.63 bits per heavy atom. The second kappa shape index (κ2) is 4.96. The average Bonchev–Trinajstić information content (AvgIpc) is 2.47. The molecule has 0 radical (unpaired) electrons. The molecule has 0 aliphatic carbocycles. The van der Waals surface area contributed by atoms with Gasteiger partial charge in [0.2, 0.25) is 0 Å². The minimum absolute atomic E-state index is 0.0175. The molecule has 19 heavy (non-hydrogen) atoms. The van der Waals surface area contributed by atoms with Gasteiger partial charge in [0.15, 0.2) is 17.6 Å². The molecule has 1 heterocycles. The van der Waals surface area contributed by atoms with Crippen LogP contribution in [-0.2, 0) is 0 Å².